The summed E-state index contributed by atoms with van der Waals surface area (Å²) in [5, 5.41) is 12.4. The molecule has 2 N–H and O–H groups in total. The van der Waals surface area contributed by atoms with E-state index in [4.69, 9.17) is 5.11 Å². The Bertz CT molecular complexity index is 472. The van der Waals surface area contributed by atoms with Gasteiger partial charge in [-0.05, 0) is 25.7 Å². The second-order valence-electron chi connectivity index (χ2n) is 4.89. The highest BCUT2D eigenvalue weighted by Gasteiger charge is 2.41. The molecule has 1 heterocycles. The third-order valence-electron chi connectivity index (χ3n) is 3.30. The van der Waals surface area contributed by atoms with Crippen molar-refractivity contribution in [2.45, 2.75) is 26.7 Å². The van der Waals surface area contributed by atoms with Gasteiger partial charge in [-0.15, -0.1) is 11.3 Å². The first-order valence-electron chi connectivity index (χ1n) is 5.93. The maximum Gasteiger partial charge on any atom is 0.307 e. The fourth-order valence-electron chi connectivity index (χ4n) is 2.47. The molecule has 5 nitrogen and oxygen atoms in total. The van der Waals surface area contributed by atoms with Crippen LogP contribution in [0.2, 0.25) is 0 Å². The van der Waals surface area contributed by atoms with Crippen molar-refractivity contribution >= 4 is 28.3 Å². The van der Waals surface area contributed by atoms with Crippen LogP contribution >= 0.6 is 11.3 Å². The van der Waals surface area contributed by atoms with Crippen LogP contribution in [0.3, 0.4) is 0 Å². The number of hydrogen-bond acceptors (Lipinski definition) is 4. The molecule has 18 heavy (non-hydrogen) atoms. The highest BCUT2D eigenvalue weighted by atomic mass is 32.1. The number of amides is 1. The summed E-state index contributed by atoms with van der Waals surface area (Å²) in [6, 6.07) is 0. The van der Waals surface area contributed by atoms with E-state index in [1.165, 1.54) is 11.3 Å². The van der Waals surface area contributed by atoms with Crippen LogP contribution in [0.4, 0.5) is 5.13 Å². The normalized spacial score (nSPS) is 27.1. The van der Waals surface area contributed by atoms with Crippen LogP contribution < -0.4 is 5.32 Å². The van der Waals surface area contributed by atoms with E-state index in [0.717, 1.165) is 4.88 Å². The molecule has 1 saturated carbocycles. The van der Waals surface area contributed by atoms with E-state index in [1.807, 2.05) is 13.8 Å². The van der Waals surface area contributed by atoms with Crippen molar-refractivity contribution in [3.05, 3.63) is 11.1 Å². The van der Waals surface area contributed by atoms with Gasteiger partial charge in [0.2, 0.25) is 5.91 Å². The molecule has 1 fully saturated rings. The number of carbonyl (C=O) groups excluding carboxylic acids is 1. The van der Waals surface area contributed by atoms with Gasteiger partial charge in [0.15, 0.2) is 5.13 Å². The Kier molecular flexibility index (Phi) is 3.65. The predicted molar refractivity (Wildman–Crippen MR) is 68.5 cm³/mol. The van der Waals surface area contributed by atoms with Crippen LogP contribution in [-0.2, 0) is 9.59 Å². The quantitative estimate of drug-likeness (QED) is 0.880. The van der Waals surface area contributed by atoms with E-state index >= 15 is 0 Å². The zero-order valence-corrected chi connectivity index (χ0v) is 11.2. The van der Waals surface area contributed by atoms with Gasteiger partial charge in [0.25, 0.3) is 0 Å². The van der Waals surface area contributed by atoms with Crippen LogP contribution in [0.25, 0.3) is 0 Å². The van der Waals surface area contributed by atoms with Crippen molar-refractivity contribution in [2.75, 3.05) is 5.32 Å². The van der Waals surface area contributed by atoms with Crippen LogP contribution in [0.1, 0.15) is 24.6 Å². The second-order valence-corrected chi connectivity index (χ2v) is 6.13. The Morgan fingerprint density at radius 3 is 2.67 bits per heavy atom. The van der Waals surface area contributed by atoms with Crippen LogP contribution in [0.15, 0.2) is 6.20 Å². The standard InChI is InChI=1S/C12H16N2O3S/c1-6-3-8(9(4-6)11(16)17)10(15)14-12-13-5-7(2)18-12/h5-6,8-9H,3-4H2,1-2H3,(H,16,17)(H,13,14,15)/t6?,8-,9+/m0/s1. The minimum Gasteiger partial charge on any atom is -0.481 e. The molecule has 1 aliphatic carbocycles. The zero-order valence-electron chi connectivity index (χ0n) is 10.3. The van der Waals surface area contributed by atoms with E-state index in [-0.39, 0.29) is 11.8 Å². The van der Waals surface area contributed by atoms with Crippen molar-refractivity contribution < 1.29 is 14.7 Å². The summed E-state index contributed by atoms with van der Waals surface area (Å²) in [6.07, 6.45) is 2.89. The van der Waals surface area contributed by atoms with Crippen LogP contribution in [0, 0.1) is 24.7 Å². The van der Waals surface area contributed by atoms with E-state index in [0.29, 0.717) is 18.0 Å². The molecule has 0 radical (unpaired) electrons. The maximum atomic E-state index is 12.1. The maximum absolute atomic E-state index is 12.1. The summed E-state index contributed by atoms with van der Waals surface area (Å²) >= 11 is 1.39. The Balaban J connectivity index is 2.06. The lowest BCUT2D eigenvalue weighted by atomic mass is 9.95. The molecule has 1 unspecified atom stereocenters. The highest BCUT2D eigenvalue weighted by molar-refractivity contribution is 7.15. The molecule has 0 saturated heterocycles. The van der Waals surface area contributed by atoms with Gasteiger partial charge in [-0.1, -0.05) is 6.92 Å². The largest absolute Gasteiger partial charge is 0.481 e. The van der Waals surface area contributed by atoms with Crippen molar-refractivity contribution in [2.24, 2.45) is 17.8 Å². The van der Waals surface area contributed by atoms with Crippen molar-refractivity contribution in [3.8, 4) is 0 Å². The number of hydrogen-bond donors (Lipinski definition) is 2. The van der Waals surface area contributed by atoms with E-state index in [2.05, 4.69) is 10.3 Å². The summed E-state index contributed by atoms with van der Waals surface area (Å²) < 4.78 is 0. The average Bonchev–Trinajstić information content (AvgIpc) is 2.85. The van der Waals surface area contributed by atoms with Crippen molar-refractivity contribution in [3.63, 3.8) is 0 Å². The van der Waals surface area contributed by atoms with Crippen LogP contribution in [0.5, 0.6) is 0 Å². The van der Waals surface area contributed by atoms with Gasteiger partial charge in [0, 0.05) is 11.1 Å². The number of carboxylic acids is 1. The SMILES string of the molecule is Cc1cnc(NC(=O)[C@H]2CC(C)C[C@H]2C(=O)O)s1. The monoisotopic (exact) mass is 268 g/mol. The number of nitrogens with zero attached hydrogens (tertiary/aromatic N) is 1. The molecule has 1 amide bonds. The number of carbonyl (C=O) groups is 2. The van der Waals surface area contributed by atoms with Gasteiger partial charge in [-0.25, -0.2) is 4.98 Å². The summed E-state index contributed by atoms with van der Waals surface area (Å²) in [5.74, 6) is -1.83. The predicted octanol–water partition coefficient (Wildman–Crippen LogP) is 2.14. The fourth-order valence-corrected chi connectivity index (χ4v) is 3.13. The molecule has 1 aromatic rings. The molecular formula is C12H16N2O3S. The number of carboxylic acid groups (broad SMARTS) is 1. The molecule has 0 aromatic carbocycles. The summed E-state index contributed by atoms with van der Waals surface area (Å²) in [6.45, 7) is 3.89. The Labute approximate surface area is 109 Å². The van der Waals surface area contributed by atoms with Crippen molar-refractivity contribution in [1.29, 1.82) is 0 Å². The third-order valence-corrected chi connectivity index (χ3v) is 4.13. The van der Waals surface area contributed by atoms with Gasteiger partial charge in [0.1, 0.15) is 0 Å². The number of anilines is 1. The van der Waals surface area contributed by atoms with E-state index < -0.39 is 17.8 Å². The lowest BCUT2D eigenvalue weighted by molar-refractivity contribution is -0.145. The van der Waals surface area contributed by atoms with Gasteiger partial charge < -0.3 is 10.4 Å². The van der Waals surface area contributed by atoms with E-state index in [1.54, 1.807) is 6.20 Å². The number of aliphatic carboxylic acids is 1. The lowest BCUT2D eigenvalue weighted by Gasteiger charge is -2.14. The number of aryl methyl sites for hydroxylation is 1. The first kappa shape index (κ1) is 13.0. The highest BCUT2D eigenvalue weighted by Crippen LogP contribution is 2.37. The molecule has 0 aliphatic heterocycles. The zero-order chi connectivity index (χ0) is 13.3. The first-order chi connectivity index (χ1) is 8.47. The van der Waals surface area contributed by atoms with Crippen molar-refractivity contribution in [1.82, 2.24) is 4.98 Å². The Hall–Kier alpha value is -1.43. The molecule has 1 aromatic heterocycles. The summed E-state index contributed by atoms with van der Waals surface area (Å²) in [4.78, 5) is 28.3. The second kappa shape index (κ2) is 5.06. The van der Waals surface area contributed by atoms with Gasteiger partial charge >= 0.3 is 5.97 Å². The molecule has 1 aliphatic rings. The topological polar surface area (TPSA) is 79.3 Å². The molecule has 0 spiro atoms. The third kappa shape index (κ3) is 2.69. The first-order valence-corrected chi connectivity index (χ1v) is 6.75. The van der Waals surface area contributed by atoms with E-state index in [9.17, 15) is 9.59 Å². The number of thiazole rings is 1. The Morgan fingerprint density at radius 1 is 1.44 bits per heavy atom. The summed E-state index contributed by atoms with van der Waals surface area (Å²) in [7, 11) is 0. The van der Waals surface area contributed by atoms with Gasteiger partial charge in [-0.2, -0.15) is 0 Å². The smallest absolute Gasteiger partial charge is 0.307 e. The number of nitrogens with one attached hydrogen (secondary N) is 1. The average molecular weight is 268 g/mol. The van der Waals surface area contributed by atoms with Gasteiger partial charge in [0.05, 0.1) is 11.8 Å². The molecule has 3 atom stereocenters. The summed E-state index contributed by atoms with van der Waals surface area (Å²) in [5.41, 5.74) is 0. The van der Waals surface area contributed by atoms with Gasteiger partial charge in [-0.3, -0.25) is 9.59 Å². The molecule has 0 bridgehead atoms. The lowest BCUT2D eigenvalue weighted by Crippen LogP contribution is -2.29. The van der Waals surface area contributed by atoms with Crippen LogP contribution in [-0.4, -0.2) is 22.0 Å². The molecule has 6 heteroatoms. The minimum absolute atomic E-state index is 0.221. The minimum atomic E-state index is -0.880. The number of aromatic nitrogens is 1. The molecular weight excluding hydrogens is 252 g/mol. The molecule has 2 rings (SSSR count). The fraction of sp³-hybridized carbons (Fsp3) is 0.583. The Morgan fingerprint density at radius 2 is 2.11 bits per heavy atom. The molecule has 98 valence electrons. The number of rotatable bonds is 3.